The number of benzene rings is 1. The van der Waals surface area contributed by atoms with Crippen LogP contribution in [0, 0.1) is 0 Å². The molecule has 0 bridgehead atoms. The fourth-order valence-corrected chi connectivity index (χ4v) is 1.40. The second kappa shape index (κ2) is 6.25. The Kier molecular flexibility index (Phi) is 4.14. The van der Waals surface area contributed by atoms with Gasteiger partial charge < -0.3 is 0 Å². The average molecular weight is 235 g/mol. The fourth-order valence-electron chi connectivity index (χ4n) is 1.40. The van der Waals surface area contributed by atoms with E-state index in [0.717, 1.165) is 5.56 Å². The largest absolute Gasteiger partial charge is 0.217 e. The summed E-state index contributed by atoms with van der Waals surface area (Å²) < 4.78 is 0. The predicted octanol–water partition coefficient (Wildman–Crippen LogP) is 3.29. The molecule has 0 N–H and O–H groups in total. The molecule has 0 saturated carbocycles. The highest BCUT2D eigenvalue weighted by Gasteiger charge is 2.00. The quantitative estimate of drug-likeness (QED) is 0.763. The summed E-state index contributed by atoms with van der Waals surface area (Å²) in [6, 6.07) is 9.83. The standard InChI is InChI=1S/C15H13N3/c1-2-3-4-8-11-14-16-12-17-15(18-14)13-9-6-5-7-10-13/h2-12H,1H2/b4-3-,11-8+. The Labute approximate surface area is 106 Å². The molecule has 3 heteroatoms. The fraction of sp³-hybridized carbons (Fsp3) is 0. The van der Waals surface area contributed by atoms with Crippen LogP contribution in [0.3, 0.4) is 0 Å². The Morgan fingerprint density at radius 3 is 2.56 bits per heavy atom. The van der Waals surface area contributed by atoms with E-state index in [1.165, 1.54) is 6.33 Å². The second-order valence-electron chi connectivity index (χ2n) is 3.51. The molecule has 0 saturated heterocycles. The zero-order valence-corrected chi connectivity index (χ0v) is 9.90. The third kappa shape index (κ3) is 3.22. The first kappa shape index (κ1) is 11.9. The molecule has 1 aromatic carbocycles. The van der Waals surface area contributed by atoms with E-state index in [2.05, 4.69) is 21.5 Å². The first-order valence-corrected chi connectivity index (χ1v) is 5.60. The van der Waals surface area contributed by atoms with Crippen molar-refractivity contribution < 1.29 is 0 Å². The van der Waals surface area contributed by atoms with E-state index < -0.39 is 0 Å². The highest BCUT2D eigenvalue weighted by Crippen LogP contribution is 2.12. The summed E-state index contributed by atoms with van der Waals surface area (Å²) in [7, 11) is 0. The van der Waals surface area contributed by atoms with Gasteiger partial charge in [0.25, 0.3) is 0 Å². The van der Waals surface area contributed by atoms with Crippen LogP contribution in [0.4, 0.5) is 0 Å². The van der Waals surface area contributed by atoms with Crippen LogP contribution >= 0.6 is 0 Å². The lowest BCUT2D eigenvalue weighted by Gasteiger charge is -1.99. The van der Waals surface area contributed by atoms with Crippen molar-refractivity contribution in [2.75, 3.05) is 0 Å². The summed E-state index contributed by atoms with van der Waals surface area (Å²) >= 11 is 0. The third-order valence-electron chi connectivity index (χ3n) is 2.23. The van der Waals surface area contributed by atoms with Gasteiger partial charge >= 0.3 is 0 Å². The predicted molar refractivity (Wildman–Crippen MR) is 73.6 cm³/mol. The lowest BCUT2D eigenvalue weighted by Crippen LogP contribution is -1.93. The maximum Gasteiger partial charge on any atom is 0.163 e. The molecule has 1 heterocycles. The van der Waals surface area contributed by atoms with Crippen molar-refractivity contribution in [2.45, 2.75) is 0 Å². The molecule has 2 aromatic rings. The minimum atomic E-state index is 0.637. The van der Waals surface area contributed by atoms with Gasteiger partial charge in [0.2, 0.25) is 0 Å². The highest BCUT2D eigenvalue weighted by atomic mass is 15.0. The number of aromatic nitrogens is 3. The summed E-state index contributed by atoms with van der Waals surface area (Å²) in [5, 5.41) is 0. The van der Waals surface area contributed by atoms with Crippen LogP contribution in [0.25, 0.3) is 17.5 Å². The van der Waals surface area contributed by atoms with Crippen molar-refractivity contribution in [3.05, 3.63) is 73.4 Å². The zero-order valence-electron chi connectivity index (χ0n) is 9.90. The molecule has 0 radical (unpaired) electrons. The van der Waals surface area contributed by atoms with Crippen LogP contribution in [0.2, 0.25) is 0 Å². The van der Waals surface area contributed by atoms with E-state index in [1.807, 2.05) is 54.6 Å². The number of nitrogens with zero attached hydrogens (tertiary/aromatic N) is 3. The molecule has 18 heavy (non-hydrogen) atoms. The van der Waals surface area contributed by atoms with Gasteiger partial charge in [0.1, 0.15) is 6.33 Å². The summed E-state index contributed by atoms with van der Waals surface area (Å²) in [5.74, 6) is 1.32. The molecule has 88 valence electrons. The van der Waals surface area contributed by atoms with Crippen molar-refractivity contribution in [1.82, 2.24) is 15.0 Å². The number of rotatable bonds is 4. The van der Waals surface area contributed by atoms with Crippen LogP contribution < -0.4 is 0 Å². The van der Waals surface area contributed by atoms with Crippen molar-refractivity contribution in [3.8, 4) is 11.4 Å². The van der Waals surface area contributed by atoms with Gasteiger partial charge in [-0.25, -0.2) is 15.0 Å². The lowest BCUT2D eigenvalue weighted by atomic mass is 10.2. The molecule has 0 spiro atoms. The van der Waals surface area contributed by atoms with Gasteiger partial charge in [-0.1, -0.05) is 61.2 Å². The van der Waals surface area contributed by atoms with Crippen molar-refractivity contribution in [3.63, 3.8) is 0 Å². The first-order valence-electron chi connectivity index (χ1n) is 5.60. The Bertz CT molecular complexity index is 571. The molecular formula is C15H13N3. The monoisotopic (exact) mass is 235 g/mol. The molecule has 0 atom stereocenters. The molecule has 3 nitrogen and oxygen atoms in total. The van der Waals surface area contributed by atoms with Crippen LogP contribution in [0.5, 0.6) is 0 Å². The van der Waals surface area contributed by atoms with Crippen molar-refractivity contribution >= 4 is 6.08 Å². The van der Waals surface area contributed by atoms with Gasteiger partial charge in [-0.2, -0.15) is 0 Å². The van der Waals surface area contributed by atoms with Gasteiger partial charge in [0, 0.05) is 5.56 Å². The maximum atomic E-state index is 4.37. The lowest BCUT2D eigenvalue weighted by molar-refractivity contribution is 1.04. The molecule has 2 rings (SSSR count). The van der Waals surface area contributed by atoms with Crippen molar-refractivity contribution in [1.29, 1.82) is 0 Å². The van der Waals surface area contributed by atoms with Gasteiger partial charge in [0.15, 0.2) is 11.6 Å². The van der Waals surface area contributed by atoms with Gasteiger partial charge in [-0.05, 0) is 6.08 Å². The third-order valence-corrected chi connectivity index (χ3v) is 2.23. The molecule has 0 fully saturated rings. The Balaban J connectivity index is 2.23. The SMILES string of the molecule is C=C/C=C\C=C\c1ncnc(-c2ccccc2)n1. The Morgan fingerprint density at radius 2 is 1.78 bits per heavy atom. The zero-order chi connectivity index (χ0) is 12.6. The maximum absolute atomic E-state index is 4.37. The smallest absolute Gasteiger partial charge is 0.163 e. The van der Waals surface area contributed by atoms with Crippen LogP contribution in [-0.4, -0.2) is 15.0 Å². The molecule has 1 aromatic heterocycles. The van der Waals surface area contributed by atoms with Gasteiger partial charge in [0.05, 0.1) is 0 Å². The van der Waals surface area contributed by atoms with E-state index in [9.17, 15) is 0 Å². The van der Waals surface area contributed by atoms with E-state index in [1.54, 1.807) is 6.08 Å². The molecule has 0 amide bonds. The molecule has 0 aliphatic rings. The number of allylic oxidation sites excluding steroid dienone is 4. The minimum Gasteiger partial charge on any atom is -0.217 e. The van der Waals surface area contributed by atoms with E-state index >= 15 is 0 Å². The molecular weight excluding hydrogens is 222 g/mol. The van der Waals surface area contributed by atoms with Crippen LogP contribution in [-0.2, 0) is 0 Å². The summed E-state index contributed by atoms with van der Waals surface area (Å²) in [6.07, 6.45) is 10.6. The Morgan fingerprint density at radius 1 is 0.944 bits per heavy atom. The molecule has 0 aliphatic heterocycles. The average Bonchev–Trinajstić information content (AvgIpc) is 2.45. The summed E-state index contributed by atoms with van der Waals surface area (Å²) in [4.78, 5) is 12.6. The normalized spacial score (nSPS) is 11.1. The van der Waals surface area contributed by atoms with Gasteiger partial charge in [-0.15, -0.1) is 0 Å². The summed E-state index contributed by atoms with van der Waals surface area (Å²) in [5.41, 5.74) is 0.983. The van der Waals surface area contributed by atoms with E-state index in [-0.39, 0.29) is 0 Å². The number of hydrogen-bond donors (Lipinski definition) is 0. The van der Waals surface area contributed by atoms with Crippen LogP contribution in [0.15, 0.2) is 67.5 Å². The second-order valence-corrected chi connectivity index (χ2v) is 3.51. The number of hydrogen-bond acceptors (Lipinski definition) is 3. The van der Waals surface area contributed by atoms with E-state index in [4.69, 9.17) is 0 Å². The first-order chi connectivity index (χ1) is 8.90. The topological polar surface area (TPSA) is 38.7 Å². The van der Waals surface area contributed by atoms with E-state index in [0.29, 0.717) is 11.6 Å². The van der Waals surface area contributed by atoms with Crippen molar-refractivity contribution in [2.24, 2.45) is 0 Å². The molecule has 0 aliphatic carbocycles. The van der Waals surface area contributed by atoms with Gasteiger partial charge in [-0.3, -0.25) is 0 Å². The Hall–Kier alpha value is -2.55. The summed E-state index contributed by atoms with van der Waals surface area (Å²) in [6.45, 7) is 3.60. The minimum absolute atomic E-state index is 0.637. The van der Waals surface area contributed by atoms with Crippen LogP contribution in [0.1, 0.15) is 5.82 Å². The molecule has 0 unspecified atom stereocenters. The highest BCUT2D eigenvalue weighted by molar-refractivity contribution is 5.55.